The van der Waals surface area contributed by atoms with Crippen molar-refractivity contribution >= 4 is 17.4 Å². The van der Waals surface area contributed by atoms with Crippen molar-refractivity contribution in [1.82, 2.24) is 15.1 Å². The summed E-state index contributed by atoms with van der Waals surface area (Å²) in [6, 6.07) is 13.3. The SMILES string of the molecule is CC(=O)c1ccc(N2CCN(C(=O)c3cn[nH]c3-c3ccc4c(c3)OCCO4)CC2)cc1. The molecule has 1 N–H and O–H groups in total. The number of hydrogen-bond acceptors (Lipinski definition) is 6. The van der Waals surface area contributed by atoms with Gasteiger partial charge in [0.05, 0.1) is 17.5 Å². The van der Waals surface area contributed by atoms with Gasteiger partial charge in [0.2, 0.25) is 0 Å². The van der Waals surface area contributed by atoms with Crippen LogP contribution in [-0.4, -0.2) is 66.2 Å². The van der Waals surface area contributed by atoms with Gasteiger partial charge in [-0.25, -0.2) is 0 Å². The molecule has 1 fully saturated rings. The molecule has 0 unspecified atom stereocenters. The summed E-state index contributed by atoms with van der Waals surface area (Å²) in [6.45, 7) is 5.28. The number of anilines is 1. The number of nitrogens with one attached hydrogen (secondary N) is 1. The van der Waals surface area contributed by atoms with Crippen LogP contribution in [0, 0.1) is 0 Å². The third kappa shape index (κ3) is 3.79. The van der Waals surface area contributed by atoms with E-state index in [2.05, 4.69) is 15.1 Å². The standard InChI is InChI=1S/C24H24N4O4/c1-16(29)17-2-5-19(6-3-17)27-8-10-28(11-9-27)24(30)20-15-25-26-23(20)18-4-7-21-22(14-18)32-13-12-31-21/h2-7,14-15H,8-13H2,1H3,(H,25,26). The fraction of sp³-hybridized carbons (Fsp3) is 0.292. The van der Waals surface area contributed by atoms with Crippen LogP contribution >= 0.6 is 0 Å². The predicted molar refractivity (Wildman–Crippen MR) is 120 cm³/mol. The first-order chi connectivity index (χ1) is 15.6. The second-order valence-electron chi connectivity index (χ2n) is 7.90. The van der Waals surface area contributed by atoms with Crippen LogP contribution in [0.1, 0.15) is 27.6 Å². The van der Waals surface area contributed by atoms with Gasteiger partial charge in [0.25, 0.3) is 5.91 Å². The van der Waals surface area contributed by atoms with E-state index in [4.69, 9.17) is 9.47 Å². The molecule has 3 heterocycles. The van der Waals surface area contributed by atoms with Crippen molar-refractivity contribution in [3.8, 4) is 22.8 Å². The normalized spacial score (nSPS) is 15.5. The molecule has 1 amide bonds. The molecule has 2 aliphatic rings. The number of amides is 1. The lowest BCUT2D eigenvalue weighted by molar-refractivity contribution is 0.0747. The van der Waals surface area contributed by atoms with Gasteiger partial charge < -0.3 is 19.3 Å². The van der Waals surface area contributed by atoms with Gasteiger partial charge >= 0.3 is 0 Å². The molecule has 2 aromatic carbocycles. The number of ketones is 1. The summed E-state index contributed by atoms with van der Waals surface area (Å²) in [5.74, 6) is 1.39. The van der Waals surface area contributed by atoms with E-state index in [1.165, 1.54) is 0 Å². The molecule has 1 aromatic heterocycles. The minimum atomic E-state index is -0.0461. The van der Waals surface area contributed by atoms with E-state index in [9.17, 15) is 9.59 Å². The largest absolute Gasteiger partial charge is 0.486 e. The van der Waals surface area contributed by atoms with E-state index < -0.39 is 0 Å². The molecule has 0 radical (unpaired) electrons. The van der Waals surface area contributed by atoms with Crippen LogP contribution in [0.25, 0.3) is 11.3 Å². The van der Waals surface area contributed by atoms with Crippen molar-refractivity contribution in [2.24, 2.45) is 0 Å². The molecular weight excluding hydrogens is 408 g/mol. The highest BCUT2D eigenvalue weighted by atomic mass is 16.6. The molecule has 0 saturated carbocycles. The maximum absolute atomic E-state index is 13.3. The van der Waals surface area contributed by atoms with Crippen molar-refractivity contribution in [2.45, 2.75) is 6.92 Å². The summed E-state index contributed by atoms with van der Waals surface area (Å²) < 4.78 is 11.3. The molecule has 2 aliphatic heterocycles. The predicted octanol–water partition coefficient (Wildman–Crippen LogP) is 3.01. The fourth-order valence-electron chi connectivity index (χ4n) is 4.11. The second kappa shape index (κ2) is 8.37. The van der Waals surface area contributed by atoms with Gasteiger partial charge in [0.15, 0.2) is 17.3 Å². The van der Waals surface area contributed by atoms with Crippen molar-refractivity contribution < 1.29 is 19.1 Å². The topological polar surface area (TPSA) is 87.8 Å². The molecule has 5 rings (SSSR count). The molecule has 1 saturated heterocycles. The van der Waals surface area contributed by atoms with Gasteiger partial charge in [-0.05, 0) is 49.4 Å². The maximum Gasteiger partial charge on any atom is 0.257 e. The number of ether oxygens (including phenoxy) is 2. The van der Waals surface area contributed by atoms with Crippen LogP contribution in [0.2, 0.25) is 0 Å². The number of aromatic nitrogens is 2. The maximum atomic E-state index is 13.3. The zero-order valence-corrected chi connectivity index (χ0v) is 17.8. The number of rotatable bonds is 4. The lowest BCUT2D eigenvalue weighted by Gasteiger charge is -2.36. The summed E-state index contributed by atoms with van der Waals surface area (Å²) in [6.07, 6.45) is 1.58. The quantitative estimate of drug-likeness (QED) is 0.638. The number of carbonyl (C=O) groups is 2. The van der Waals surface area contributed by atoms with E-state index in [-0.39, 0.29) is 11.7 Å². The van der Waals surface area contributed by atoms with Crippen molar-refractivity contribution in [2.75, 3.05) is 44.3 Å². The Morgan fingerprint density at radius 2 is 1.66 bits per heavy atom. The number of hydrogen-bond donors (Lipinski definition) is 1. The first kappa shape index (κ1) is 20.1. The highest BCUT2D eigenvalue weighted by Crippen LogP contribution is 2.35. The Labute approximate surface area is 185 Å². The first-order valence-electron chi connectivity index (χ1n) is 10.7. The molecule has 8 nitrogen and oxygen atoms in total. The van der Waals surface area contributed by atoms with Crippen molar-refractivity contribution in [3.63, 3.8) is 0 Å². The smallest absolute Gasteiger partial charge is 0.257 e. The third-order valence-electron chi connectivity index (χ3n) is 5.91. The Morgan fingerprint density at radius 3 is 2.38 bits per heavy atom. The molecule has 0 bridgehead atoms. The number of H-pyrrole nitrogens is 1. The van der Waals surface area contributed by atoms with E-state index in [1.54, 1.807) is 13.1 Å². The fourth-order valence-corrected chi connectivity index (χ4v) is 4.11. The van der Waals surface area contributed by atoms with E-state index in [0.29, 0.717) is 54.6 Å². The van der Waals surface area contributed by atoms with Crippen LogP contribution < -0.4 is 14.4 Å². The third-order valence-corrected chi connectivity index (χ3v) is 5.91. The summed E-state index contributed by atoms with van der Waals surface area (Å²) >= 11 is 0. The first-order valence-corrected chi connectivity index (χ1v) is 10.7. The minimum absolute atomic E-state index is 0.0461. The molecular formula is C24H24N4O4. The number of benzene rings is 2. The van der Waals surface area contributed by atoms with Gasteiger partial charge in [-0.15, -0.1) is 0 Å². The van der Waals surface area contributed by atoms with Crippen LogP contribution in [0.15, 0.2) is 48.7 Å². The van der Waals surface area contributed by atoms with Gasteiger partial charge in [0, 0.05) is 43.0 Å². The summed E-state index contributed by atoms with van der Waals surface area (Å²) in [7, 11) is 0. The van der Waals surface area contributed by atoms with E-state index >= 15 is 0 Å². The number of carbonyl (C=O) groups excluding carboxylic acids is 2. The van der Waals surface area contributed by atoms with Gasteiger partial charge in [-0.1, -0.05) is 0 Å². The Balaban J connectivity index is 1.28. The monoisotopic (exact) mass is 432 g/mol. The van der Waals surface area contributed by atoms with Gasteiger partial charge in [-0.3, -0.25) is 14.7 Å². The van der Waals surface area contributed by atoms with E-state index in [1.807, 2.05) is 47.4 Å². The summed E-state index contributed by atoms with van der Waals surface area (Å²) in [4.78, 5) is 28.8. The Hall–Kier alpha value is -3.81. The average Bonchev–Trinajstić information content (AvgIpc) is 3.33. The Bertz CT molecular complexity index is 1150. The number of nitrogens with zero attached hydrogens (tertiary/aromatic N) is 3. The molecule has 8 heteroatoms. The highest BCUT2D eigenvalue weighted by Gasteiger charge is 2.26. The minimum Gasteiger partial charge on any atom is -0.486 e. The molecule has 0 spiro atoms. The number of aromatic amines is 1. The van der Waals surface area contributed by atoms with E-state index in [0.717, 1.165) is 24.3 Å². The summed E-state index contributed by atoms with van der Waals surface area (Å²) in [5, 5.41) is 7.09. The van der Waals surface area contributed by atoms with Crippen molar-refractivity contribution in [3.05, 3.63) is 59.8 Å². The highest BCUT2D eigenvalue weighted by molar-refractivity contribution is 6.00. The number of Topliss-reactive ketones (excluding diaryl/α,β-unsaturated/α-hetero) is 1. The zero-order valence-electron chi connectivity index (χ0n) is 17.8. The Morgan fingerprint density at radius 1 is 0.938 bits per heavy atom. The van der Waals surface area contributed by atoms with Gasteiger partial charge in [0.1, 0.15) is 13.2 Å². The number of piperazine rings is 1. The Kier molecular flexibility index (Phi) is 5.26. The average molecular weight is 432 g/mol. The molecule has 3 aromatic rings. The number of fused-ring (bicyclic) bond motifs is 1. The van der Waals surface area contributed by atoms with Crippen LogP contribution in [0.5, 0.6) is 11.5 Å². The molecule has 0 atom stereocenters. The van der Waals surface area contributed by atoms with Crippen LogP contribution in [0.3, 0.4) is 0 Å². The van der Waals surface area contributed by atoms with Crippen molar-refractivity contribution in [1.29, 1.82) is 0 Å². The van der Waals surface area contributed by atoms with Crippen LogP contribution in [0.4, 0.5) is 5.69 Å². The molecule has 164 valence electrons. The molecule has 0 aliphatic carbocycles. The molecule has 32 heavy (non-hydrogen) atoms. The lowest BCUT2D eigenvalue weighted by Crippen LogP contribution is -2.48. The zero-order chi connectivity index (χ0) is 22.1. The summed E-state index contributed by atoms with van der Waals surface area (Å²) in [5.41, 5.74) is 3.81. The second-order valence-corrected chi connectivity index (χ2v) is 7.90. The van der Waals surface area contributed by atoms with Gasteiger partial charge in [-0.2, -0.15) is 5.10 Å². The lowest BCUT2D eigenvalue weighted by atomic mass is 10.1. The van der Waals surface area contributed by atoms with Crippen LogP contribution in [-0.2, 0) is 0 Å².